The highest BCUT2D eigenvalue weighted by Crippen LogP contribution is 2.20. The number of anilines is 1. The highest BCUT2D eigenvalue weighted by molar-refractivity contribution is 5.46. The van der Waals surface area contributed by atoms with Crippen LogP contribution in [0.15, 0.2) is 0 Å². The van der Waals surface area contributed by atoms with Gasteiger partial charge in [0.1, 0.15) is 5.82 Å². The zero-order valence-electron chi connectivity index (χ0n) is 10.6. The first-order valence-electron chi connectivity index (χ1n) is 5.37. The SMILES string of the molecule is CNc1c(CN(C)C(C)C)c(C)nn1C. The first-order chi connectivity index (χ1) is 6.97. The van der Waals surface area contributed by atoms with Crippen molar-refractivity contribution < 1.29 is 0 Å². The largest absolute Gasteiger partial charge is 0.373 e. The van der Waals surface area contributed by atoms with Crippen molar-refractivity contribution in [2.45, 2.75) is 33.4 Å². The second kappa shape index (κ2) is 4.66. The molecule has 0 aliphatic rings. The van der Waals surface area contributed by atoms with E-state index in [4.69, 9.17) is 0 Å². The Balaban J connectivity index is 2.93. The van der Waals surface area contributed by atoms with Gasteiger partial charge in [0, 0.05) is 32.2 Å². The van der Waals surface area contributed by atoms with E-state index in [0.717, 1.165) is 18.1 Å². The predicted octanol–water partition coefficient (Wildman–Crippen LogP) is 1.61. The Morgan fingerprint density at radius 1 is 1.47 bits per heavy atom. The Hall–Kier alpha value is -1.03. The third-order valence-electron chi connectivity index (χ3n) is 2.87. The van der Waals surface area contributed by atoms with Crippen LogP contribution >= 0.6 is 0 Å². The van der Waals surface area contributed by atoms with Crippen molar-refractivity contribution in [2.75, 3.05) is 19.4 Å². The minimum absolute atomic E-state index is 0.550. The smallest absolute Gasteiger partial charge is 0.128 e. The molecule has 0 aromatic carbocycles. The van der Waals surface area contributed by atoms with Crippen molar-refractivity contribution in [2.24, 2.45) is 7.05 Å². The fourth-order valence-electron chi connectivity index (χ4n) is 1.64. The molecule has 1 heterocycles. The van der Waals surface area contributed by atoms with Crippen molar-refractivity contribution >= 4 is 5.82 Å². The lowest BCUT2D eigenvalue weighted by molar-refractivity contribution is 0.265. The molecule has 4 heteroatoms. The van der Waals surface area contributed by atoms with E-state index in [9.17, 15) is 0 Å². The Morgan fingerprint density at radius 2 is 2.07 bits per heavy atom. The lowest BCUT2D eigenvalue weighted by Gasteiger charge is -2.21. The van der Waals surface area contributed by atoms with E-state index in [0.29, 0.717) is 6.04 Å². The molecule has 0 fully saturated rings. The first-order valence-corrected chi connectivity index (χ1v) is 5.37. The summed E-state index contributed by atoms with van der Waals surface area (Å²) in [5, 5.41) is 7.62. The van der Waals surface area contributed by atoms with Gasteiger partial charge in [0.2, 0.25) is 0 Å². The molecule has 0 bridgehead atoms. The Bertz CT molecular complexity index is 328. The molecular formula is C11H22N4. The van der Waals surface area contributed by atoms with E-state index in [-0.39, 0.29) is 0 Å². The summed E-state index contributed by atoms with van der Waals surface area (Å²) in [5.41, 5.74) is 2.39. The van der Waals surface area contributed by atoms with Crippen LogP contribution in [0.3, 0.4) is 0 Å². The van der Waals surface area contributed by atoms with Crippen LogP contribution in [0, 0.1) is 6.92 Å². The van der Waals surface area contributed by atoms with Gasteiger partial charge in [0.15, 0.2) is 0 Å². The molecule has 1 aromatic rings. The van der Waals surface area contributed by atoms with Gasteiger partial charge >= 0.3 is 0 Å². The minimum Gasteiger partial charge on any atom is -0.373 e. The number of aryl methyl sites for hydroxylation is 2. The van der Waals surface area contributed by atoms with Crippen LogP contribution in [0.25, 0.3) is 0 Å². The molecular weight excluding hydrogens is 188 g/mol. The number of hydrogen-bond acceptors (Lipinski definition) is 3. The van der Waals surface area contributed by atoms with Gasteiger partial charge in [-0.15, -0.1) is 0 Å². The van der Waals surface area contributed by atoms with Gasteiger partial charge < -0.3 is 5.32 Å². The highest BCUT2D eigenvalue weighted by atomic mass is 15.3. The van der Waals surface area contributed by atoms with Crippen LogP contribution in [0.1, 0.15) is 25.1 Å². The van der Waals surface area contributed by atoms with E-state index in [1.807, 2.05) is 18.8 Å². The number of hydrogen-bond donors (Lipinski definition) is 1. The summed E-state index contributed by atoms with van der Waals surface area (Å²) in [6.07, 6.45) is 0. The van der Waals surface area contributed by atoms with Crippen molar-refractivity contribution in [3.63, 3.8) is 0 Å². The highest BCUT2D eigenvalue weighted by Gasteiger charge is 2.14. The van der Waals surface area contributed by atoms with Crippen molar-refractivity contribution in [3.05, 3.63) is 11.3 Å². The van der Waals surface area contributed by atoms with Crippen LogP contribution in [-0.2, 0) is 13.6 Å². The van der Waals surface area contributed by atoms with Gasteiger partial charge in [-0.05, 0) is 27.8 Å². The second-order valence-electron chi connectivity index (χ2n) is 4.30. The molecule has 0 saturated carbocycles. The monoisotopic (exact) mass is 210 g/mol. The van der Waals surface area contributed by atoms with Crippen molar-refractivity contribution in [1.29, 1.82) is 0 Å². The zero-order chi connectivity index (χ0) is 11.6. The second-order valence-corrected chi connectivity index (χ2v) is 4.30. The molecule has 0 saturated heterocycles. The molecule has 4 nitrogen and oxygen atoms in total. The summed E-state index contributed by atoms with van der Waals surface area (Å²) in [6.45, 7) is 7.40. The molecule has 1 aromatic heterocycles. The number of nitrogens with zero attached hydrogens (tertiary/aromatic N) is 3. The van der Waals surface area contributed by atoms with Crippen LogP contribution in [-0.4, -0.2) is 34.8 Å². The standard InChI is InChI=1S/C11H22N4/c1-8(2)14(5)7-10-9(3)13-15(6)11(10)12-4/h8,12H,7H2,1-6H3. The third kappa shape index (κ3) is 2.50. The lowest BCUT2D eigenvalue weighted by Crippen LogP contribution is -2.26. The molecule has 0 amide bonds. The molecule has 0 radical (unpaired) electrons. The van der Waals surface area contributed by atoms with Gasteiger partial charge in [-0.1, -0.05) is 0 Å². The van der Waals surface area contributed by atoms with Gasteiger partial charge in [0.05, 0.1) is 5.69 Å². The summed E-state index contributed by atoms with van der Waals surface area (Å²) in [4.78, 5) is 2.31. The molecule has 86 valence electrons. The topological polar surface area (TPSA) is 33.1 Å². The fraction of sp³-hybridized carbons (Fsp3) is 0.727. The van der Waals surface area contributed by atoms with Gasteiger partial charge in [0.25, 0.3) is 0 Å². The Labute approximate surface area is 92.3 Å². The molecule has 0 spiro atoms. The van der Waals surface area contributed by atoms with E-state index in [1.54, 1.807) is 0 Å². The van der Waals surface area contributed by atoms with E-state index in [1.165, 1.54) is 5.56 Å². The van der Waals surface area contributed by atoms with Gasteiger partial charge in [-0.3, -0.25) is 9.58 Å². The number of aromatic nitrogens is 2. The summed E-state index contributed by atoms with van der Waals surface area (Å²) in [5.74, 6) is 1.11. The van der Waals surface area contributed by atoms with Crippen LogP contribution < -0.4 is 5.32 Å². The quantitative estimate of drug-likeness (QED) is 0.819. The summed E-state index contributed by atoms with van der Waals surface area (Å²) in [6, 6.07) is 0.550. The van der Waals surface area contributed by atoms with E-state index >= 15 is 0 Å². The van der Waals surface area contributed by atoms with Crippen molar-refractivity contribution in [1.82, 2.24) is 14.7 Å². The van der Waals surface area contributed by atoms with E-state index < -0.39 is 0 Å². The first kappa shape index (κ1) is 12.0. The molecule has 1 N–H and O–H groups in total. The van der Waals surface area contributed by atoms with Gasteiger partial charge in [-0.2, -0.15) is 5.10 Å². The summed E-state index contributed by atoms with van der Waals surface area (Å²) >= 11 is 0. The Kier molecular flexibility index (Phi) is 3.74. The van der Waals surface area contributed by atoms with Crippen LogP contribution in [0.5, 0.6) is 0 Å². The maximum atomic E-state index is 4.42. The molecule has 0 aliphatic carbocycles. The van der Waals surface area contributed by atoms with Crippen LogP contribution in [0.2, 0.25) is 0 Å². The molecule has 0 atom stereocenters. The Morgan fingerprint density at radius 3 is 2.53 bits per heavy atom. The lowest BCUT2D eigenvalue weighted by atomic mass is 10.2. The minimum atomic E-state index is 0.550. The molecule has 1 rings (SSSR count). The molecule has 0 unspecified atom stereocenters. The average molecular weight is 210 g/mol. The molecule has 15 heavy (non-hydrogen) atoms. The average Bonchev–Trinajstić information content (AvgIpc) is 2.41. The summed E-state index contributed by atoms with van der Waals surface area (Å²) in [7, 11) is 6.05. The van der Waals surface area contributed by atoms with Crippen LogP contribution in [0.4, 0.5) is 5.82 Å². The van der Waals surface area contributed by atoms with Gasteiger partial charge in [-0.25, -0.2) is 0 Å². The maximum Gasteiger partial charge on any atom is 0.128 e. The fourth-order valence-corrected chi connectivity index (χ4v) is 1.64. The normalized spacial score (nSPS) is 11.5. The number of rotatable bonds is 4. The zero-order valence-corrected chi connectivity index (χ0v) is 10.6. The summed E-state index contributed by atoms with van der Waals surface area (Å²) < 4.78 is 1.90. The predicted molar refractivity (Wildman–Crippen MR) is 64.1 cm³/mol. The maximum absolute atomic E-state index is 4.42. The van der Waals surface area contributed by atoms with Crippen molar-refractivity contribution in [3.8, 4) is 0 Å². The van der Waals surface area contributed by atoms with E-state index in [2.05, 4.69) is 43.1 Å². The molecule has 0 aliphatic heterocycles. The number of nitrogens with one attached hydrogen (secondary N) is 1. The third-order valence-corrected chi connectivity index (χ3v) is 2.87.